The van der Waals surface area contributed by atoms with Crippen molar-refractivity contribution in [2.24, 2.45) is 0 Å². The van der Waals surface area contributed by atoms with Gasteiger partial charge < -0.3 is 0 Å². The molecule has 5 nitrogen and oxygen atoms in total. The summed E-state index contributed by atoms with van der Waals surface area (Å²) in [7, 11) is 3.77. The Balaban J connectivity index is 2.15. The lowest BCUT2D eigenvalue weighted by Crippen LogP contribution is -2.32. The van der Waals surface area contributed by atoms with E-state index in [-0.39, 0.29) is 5.56 Å². The third-order valence-electron chi connectivity index (χ3n) is 3.24. The van der Waals surface area contributed by atoms with Crippen LogP contribution in [0.15, 0.2) is 41.2 Å². The number of rotatable bonds is 3. The van der Waals surface area contributed by atoms with E-state index in [4.69, 9.17) is 0 Å². The summed E-state index contributed by atoms with van der Waals surface area (Å²) in [6, 6.07) is 11.9. The fourth-order valence-electron chi connectivity index (χ4n) is 2.15. The first-order valence-electron chi connectivity index (χ1n) is 6.91. The molecule has 22 heavy (non-hydrogen) atoms. The van der Waals surface area contributed by atoms with Crippen LogP contribution < -0.4 is 11.0 Å². The Morgan fingerprint density at radius 1 is 1.27 bits per heavy atom. The third kappa shape index (κ3) is 2.65. The van der Waals surface area contributed by atoms with Gasteiger partial charge in [-0.25, -0.2) is 4.98 Å². The Hall–Kier alpha value is -2.47. The SMILES string of the molecule is Cc1nc2sc(-c3ccccc3)cc2c(=O)n1NC=[N+](C)C. The molecule has 0 amide bonds. The van der Waals surface area contributed by atoms with Crippen molar-refractivity contribution in [1.82, 2.24) is 9.66 Å². The number of nitrogens with one attached hydrogen (secondary N) is 1. The maximum Gasteiger partial charge on any atom is 0.297 e. The zero-order chi connectivity index (χ0) is 15.7. The molecule has 0 bridgehead atoms. The highest BCUT2D eigenvalue weighted by Gasteiger charge is 2.14. The van der Waals surface area contributed by atoms with Crippen LogP contribution >= 0.6 is 11.3 Å². The second-order valence-corrected chi connectivity index (χ2v) is 6.25. The Kier molecular flexibility index (Phi) is 3.77. The fraction of sp³-hybridized carbons (Fsp3) is 0.188. The van der Waals surface area contributed by atoms with Gasteiger partial charge in [-0.05, 0) is 18.6 Å². The van der Waals surface area contributed by atoms with Crippen LogP contribution in [0.5, 0.6) is 0 Å². The van der Waals surface area contributed by atoms with Gasteiger partial charge in [0.2, 0.25) is 0 Å². The van der Waals surface area contributed by atoms with Crippen molar-refractivity contribution in [3.63, 3.8) is 0 Å². The van der Waals surface area contributed by atoms with E-state index in [0.717, 1.165) is 15.3 Å². The van der Waals surface area contributed by atoms with Crippen LogP contribution in [0.4, 0.5) is 0 Å². The Morgan fingerprint density at radius 2 is 2.00 bits per heavy atom. The van der Waals surface area contributed by atoms with E-state index in [1.807, 2.05) is 62.0 Å². The van der Waals surface area contributed by atoms with E-state index in [0.29, 0.717) is 11.2 Å². The second kappa shape index (κ2) is 5.73. The first-order valence-corrected chi connectivity index (χ1v) is 7.73. The second-order valence-electron chi connectivity index (χ2n) is 5.22. The lowest BCUT2D eigenvalue weighted by Gasteiger charge is -2.03. The Bertz CT molecular complexity index is 905. The van der Waals surface area contributed by atoms with Gasteiger partial charge in [0.05, 0.1) is 19.5 Å². The molecule has 0 spiro atoms. The van der Waals surface area contributed by atoms with E-state index in [2.05, 4.69) is 10.4 Å². The van der Waals surface area contributed by atoms with Gasteiger partial charge in [0.25, 0.3) is 11.9 Å². The van der Waals surface area contributed by atoms with E-state index >= 15 is 0 Å². The maximum absolute atomic E-state index is 12.6. The van der Waals surface area contributed by atoms with Gasteiger partial charge in [0.15, 0.2) is 5.82 Å². The molecule has 112 valence electrons. The van der Waals surface area contributed by atoms with Gasteiger partial charge >= 0.3 is 0 Å². The normalized spacial score (nSPS) is 10.7. The van der Waals surface area contributed by atoms with Crippen molar-refractivity contribution in [2.45, 2.75) is 6.92 Å². The molecule has 3 rings (SSSR count). The van der Waals surface area contributed by atoms with Crippen molar-refractivity contribution in [3.8, 4) is 10.4 Å². The Morgan fingerprint density at radius 3 is 2.68 bits per heavy atom. The van der Waals surface area contributed by atoms with Gasteiger partial charge in [0.1, 0.15) is 4.83 Å². The largest absolute Gasteiger partial charge is 0.297 e. The zero-order valence-corrected chi connectivity index (χ0v) is 13.5. The van der Waals surface area contributed by atoms with Crippen LogP contribution in [-0.4, -0.2) is 34.7 Å². The summed E-state index contributed by atoms with van der Waals surface area (Å²) in [6.07, 6.45) is 1.71. The fourth-order valence-corrected chi connectivity index (χ4v) is 3.22. The van der Waals surface area contributed by atoms with E-state index in [1.165, 1.54) is 16.0 Å². The summed E-state index contributed by atoms with van der Waals surface area (Å²) < 4.78 is 3.29. The number of aryl methyl sites for hydroxylation is 1. The molecule has 0 radical (unpaired) electrons. The van der Waals surface area contributed by atoms with Gasteiger partial charge in [-0.1, -0.05) is 30.3 Å². The van der Waals surface area contributed by atoms with Crippen molar-refractivity contribution in [3.05, 3.63) is 52.6 Å². The average molecular weight is 313 g/mol. The summed E-state index contributed by atoms with van der Waals surface area (Å²) in [5.74, 6) is 0.636. The predicted molar refractivity (Wildman–Crippen MR) is 91.6 cm³/mol. The molecule has 0 aliphatic carbocycles. The molecule has 0 unspecified atom stereocenters. The number of hydrogen-bond acceptors (Lipinski definition) is 3. The molecule has 3 aromatic rings. The highest BCUT2D eigenvalue weighted by molar-refractivity contribution is 7.21. The minimum Gasteiger partial charge on any atom is -0.272 e. The molecule has 0 aliphatic heterocycles. The number of fused-ring (bicyclic) bond motifs is 1. The molecule has 0 saturated heterocycles. The molecule has 0 aliphatic rings. The third-order valence-corrected chi connectivity index (χ3v) is 4.31. The summed E-state index contributed by atoms with van der Waals surface area (Å²) >= 11 is 1.54. The van der Waals surface area contributed by atoms with Crippen LogP contribution in [-0.2, 0) is 0 Å². The highest BCUT2D eigenvalue weighted by atomic mass is 32.1. The minimum atomic E-state index is -0.0842. The van der Waals surface area contributed by atoms with Crippen molar-refractivity contribution in [1.29, 1.82) is 0 Å². The van der Waals surface area contributed by atoms with E-state index < -0.39 is 0 Å². The summed E-state index contributed by atoms with van der Waals surface area (Å²) in [5, 5.41) is 0.633. The van der Waals surface area contributed by atoms with Gasteiger partial charge in [-0.3, -0.25) is 9.37 Å². The quantitative estimate of drug-likeness (QED) is 0.458. The monoisotopic (exact) mass is 313 g/mol. The van der Waals surface area contributed by atoms with Gasteiger partial charge in [0, 0.05) is 4.88 Å². The van der Waals surface area contributed by atoms with E-state index in [9.17, 15) is 4.79 Å². The highest BCUT2D eigenvalue weighted by Crippen LogP contribution is 2.30. The molecule has 0 saturated carbocycles. The van der Waals surface area contributed by atoms with Crippen molar-refractivity contribution >= 4 is 27.9 Å². The zero-order valence-electron chi connectivity index (χ0n) is 12.7. The standard InChI is InChI=1S/C16H16N4OS/c1-11-18-15-13(16(21)20(11)17-10-19(2)3)9-14(22-15)12-7-5-4-6-8-12/h4-10H,1-3H3/p+1. The summed E-state index contributed by atoms with van der Waals surface area (Å²) in [5.41, 5.74) is 3.98. The van der Waals surface area contributed by atoms with Crippen LogP contribution in [0.2, 0.25) is 0 Å². The molecule has 0 atom stereocenters. The summed E-state index contributed by atoms with van der Waals surface area (Å²) in [6.45, 7) is 1.82. The first-order chi connectivity index (χ1) is 10.6. The van der Waals surface area contributed by atoms with E-state index in [1.54, 1.807) is 6.34 Å². The van der Waals surface area contributed by atoms with Crippen LogP contribution in [0.1, 0.15) is 5.82 Å². The smallest absolute Gasteiger partial charge is 0.272 e. The average Bonchev–Trinajstić information content (AvgIpc) is 2.92. The molecule has 1 aromatic carbocycles. The topological polar surface area (TPSA) is 49.9 Å². The Labute approximate surface area is 132 Å². The number of thiophene rings is 1. The van der Waals surface area contributed by atoms with Gasteiger partial charge in [-0.2, -0.15) is 5.43 Å². The maximum atomic E-state index is 12.6. The lowest BCUT2D eigenvalue weighted by molar-refractivity contribution is -0.459. The predicted octanol–water partition coefficient (Wildman–Crippen LogP) is 2.28. The summed E-state index contributed by atoms with van der Waals surface area (Å²) in [4.78, 5) is 19.0. The number of hydrogen-bond donors (Lipinski definition) is 1. The van der Waals surface area contributed by atoms with Crippen LogP contribution in [0, 0.1) is 6.92 Å². The molecule has 2 aromatic heterocycles. The van der Waals surface area contributed by atoms with Gasteiger partial charge in [-0.15, -0.1) is 16.0 Å². The number of aromatic nitrogens is 2. The lowest BCUT2D eigenvalue weighted by atomic mass is 10.2. The molecule has 1 N–H and O–H groups in total. The molecule has 2 heterocycles. The molecular weight excluding hydrogens is 296 g/mol. The number of benzene rings is 1. The van der Waals surface area contributed by atoms with Crippen LogP contribution in [0.3, 0.4) is 0 Å². The van der Waals surface area contributed by atoms with Crippen LogP contribution in [0.25, 0.3) is 20.7 Å². The van der Waals surface area contributed by atoms with Crippen molar-refractivity contribution < 1.29 is 4.58 Å². The van der Waals surface area contributed by atoms with Crippen molar-refractivity contribution in [2.75, 3.05) is 19.5 Å². The first kappa shape index (κ1) is 14.5. The molecule has 0 fully saturated rings. The minimum absolute atomic E-state index is 0.0842. The molecule has 6 heteroatoms. The molecular formula is C16H17N4OS+. The number of nitrogens with zero attached hydrogens (tertiary/aromatic N) is 3.